The Morgan fingerprint density at radius 3 is 2.79 bits per heavy atom. The van der Waals surface area contributed by atoms with Gasteiger partial charge in [-0.1, -0.05) is 36.4 Å². The van der Waals surface area contributed by atoms with Gasteiger partial charge >= 0.3 is 0 Å². The van der Waals surface area contributed by atoms with Gasteiger partial charge in [-0.2, -0.15) is 0 Å². The molecule has 0 spiro atoms. The zero-order chi connectivity index (χ0) is 13.1. The van der Waals surface area contributed by atoms with Crippen LogP contribution in [0.1, 0.15) is 24.0 Å². The van der Waals surface area contributed by atoms with Gasteiger partial charge in [0.2, 0.25) is 0 Å². The fraction of sp³-hybridized carbons (Fsp3) is 0.294. The summed E-state index contributed by atoms with van der Waals surface area (Å²) >= 11 is 0. The van der Waals surface area contributed by atoms with E-state index >= 15 is 0 Å². The van der Waals surface area contributed by atoms with Crippen molar-refractivity contribution in [1.82, 2.24) is 0 Å². The largest absolute Gasteiger partial charge is 0.488 e. The first-order chi connectivity index (χ1) is 9.38. The summed E-state index contributed by atoms with van der Waals surface area (Å²) in [7, 11) is 0. The third-order valence-electron chi connectivity index (χ3n) is 3.61. The van der Waals surface area contributed by atoms with Gasteiger partial charge in [-0.3, -0.25) is 0 Å². The summed E-state index contributed by atoms with van der Waals surface area (Å²) in [4.78, 5) is 0. The van der Waals surface area contributed by atoms with Crippen molar-refractivity contribution in [2.45, 2.75) is 25.9 Å². The van der Waals surface area contributed by atoms with Gasteiger partial charge in [-0.05, 0) is 42.0 Å². The molecular formula is C17H18O2. The minimum Gasteiger partial charge on any atom is -0.488 e. The molecule has 0 atom stereocenters. The molecule has 98 valence electrons. The highest BCUT2D eigenvalue weighted by atomic mass is 16.5. The van der Waals surface area contributed by atoms with Gasteiger partial charge < -0.3 is 9.84 Å². The number of hydrogen-bond acceptors (Lipinski definition) is 2. The average molecular weight is 254 g/mol. The Balaban J connectivity index is 1.92. The maximum absolute atomic E-state index is 8.85. The molecular weight excluding hydrogens is 236 g/mol. The van der Waals surface area contributed by atoms with Gasteiger partial charge in [0.25, 0.3) is 0 Å². The van der Waals surface area contributed by atoms with Crippen LogP contribution in [-0.4, -0.2) is 11.7 Å². The van der Waals surface area contributed by atoms with Crippen LogP contribution in [0.3, 0.4) is 0 Å². The van der Waals surface area contributed by atoms with Crippen LogP contribution >= 0.6 is 0 Å². The van der Waals surface area contributed by atoms with E-state index in [9.17, 15) is 0 Å². The lowest BCUT2D eigenvalue weighted by molar-refractivity contribution is 0.284. The van der Waals surface area contributed by atoms with E-state index in [2.05, 4.69) is 30.3 Å². The van der Waals surface area contributed by atoms with Gasteiger partial charge in [-0.15, -0.1) is 0 Å². The molecule has 2 aromatic rings. The SMILES string of the molecule is OCCCCc1ccc2c(c1)-c1ccccc1OC2. The smallest absolute Gasteiger partial charge is 0.127 e. The zero-order valence-corrected chi connectivity index (χ0v) is 10.9. The van der Waals surface area contributed by atoms with Gasteiger partial charge in [0.1, 0.15) is 12.4 Å². The Morgan fingerprint density at radius 2 is 1.89 bits per heavy atom. The van der Waals surface area contributed by atoms with Gasteiger partial charge in [0.05, 0.1) is 0 Å². The molecule has 2 nitrogen and oxygen atoms in total. The second-order valence-corrected chi connectivity index (χ2v) is 4.96. The average Bonchev–Trinajstić information content (AvgIpc) is 2.47. The van der Waals surface area contributed by atoms with Crippen molar-refractivity contribution in [3.05, 3.63) is 53.6 Å². The van der Waals surface area contributed by atoms with Crippen LogP contribution in [0.2, 0.25) is 0 Å². The lowest BCUT2D eigenvalue weighted by Crippen LogP contribution is -2.05. The highest BCUT2D eigenvalue weighted by Crippen LogP contribution is 2.37. The molecule has 19 heavy (non-hydrogen) atoms. The zero-order valence-electron chi connectivity index (χ0n) is 10.9. The number of unbranched alkanes of at least 4 members (excludes halogenated alkanes) is 1. The number of ether oxygens (including phenoxy) is 1. The number of fused-ring (bicyclic) bond motifs is 3. The molecule has 0 aliphatic carbocycles. The second kappa shape index (κ2) is 5.45. The highest BCUT2D eigenvalue weighted by Gasteiger charge is 2.16. The molecule has 0 saturated heterocycles. The van der Waals surface area contributed by atoms with Crippen molar-refractivity contribution < 1.29 is 9.84 Å². The van der Waals surface area contributed by atoms with E-state index in [1.165, 1.54) is 22.3 Å². The molecule has 0 fully saturated rings. The molecule has 3 rings (SSSR count). The first kappa shape index (κ1) is 12.2. The fourth-order valence-corrected chi connectivity index (χ4v) is 2.57. The van der Waals surface area contributed by atoms with Crippen LogP contribution < -0.4 is 4.74 Å². The summed E-state index contributed by atoms with van der Waals surface area (Å²) in [6.45, 7) is 0.935. The number of para-hydroxylation sites is 1. The predicted molar refractivity (Wildman–Crippen MR) is 76.2 cm³/mol. The molecule has 1 aliphatic heterocycles. The second-order valence-electron chi connectivity index (χ2n) is 4.96. The Kier molecular flexibility index (Phi) is 3.51. The lowest BCUT2D eigenvalue weighted by atomic mass is 9.94. The van der Waals surface area contributed by atoms with Crippen molar-refractivity contribution in [1.29, 1.82) is 0 Å². The summed E-state index contributed by atoms with van der Waals surface area (Å²) in [5, 5.41) is 8.85. The molecule has 0 unspecified atom stereocenters. The summed E-state index contributed by atoms with van der Waals surface area (Å²) in [6.07, 6.45) is 2.93. The van der Waals surface area contributed by atoms with Crippen LogP contribution in [0.4, 0.5) is 0 Å². The maximum atomic E-state index is 8.85. The standard InChI is InChI=1S/C17H18O2/c18-10-4-3-5-13-8-9-14-12-19-17-7-2-1-6-15(17)16(14)11-13/h1-2,6-9,11,18H,3-5,10,12H2. The third-order valence-corrected chi connectivity index (χ3v) is 3.61. The van der Waals surface area contributed by atoms with Crippen LogP contribution in [0, 0.1) is 0 Å². The summed E-state index contributed by atoms with van der Waals surface area (Å²) in [5.74, 6) is 0.975. The highest BCUT2D eigenvalue weighted by molar-refractivity contribution is 5.75. The van der Waals surface area contributed by atoms with Crippen molar-refractivity contribution in [3.63, 3.8) is 0 Å². The van der Waals surface area contributed by atoms with E-state index in [4.69, 9.17) is 9.84 Å². The maximum Gasteiger partial charge on any atom is 0.127 e. The predicted octanol–water partition coefficient (Wildman–Crippen LogP) is 3.56. The van der Waals surface area contributed by atoms with Gasteiger partial charge in [0, 0.05) is 12.2 Å². The number of benzene rings is 2. The summed E-state index contributed by atoms with van der Waals surface area (Å²) in [5.41, 5.74) is 5.07. The molecule has 0 radical (unpaired) electrons. The Morgan fingerprint density at radius 1 is 1.00 bits per heavy atom. The molecule has 0 amide bonds. The molecule has 1 aliphatic rings. The Hall–Kier alpha value is -1.80. The first-order valence-corrected chi connectivity index (χ1v) is 6.83. The normalized spacial score (nSPS) is 12.5. The number of rotatable bonds is 4. The quantitative estimate of drug-likeness (QED) is 0.845. The number of aliphatic hydroxyl groups is 1. The molecule has 1 N–H and O–H groups in total. The number of aryl methyl sites for hydroxylation is 1. The minimum atomic E-state index is 0.279. The van der Waals surface area contributed by atoms with Crippen LogP contribution in [-0.2, 0) is 13.0 Å². The van der Waals surface area contributed by atoms with Crippen molar-refractivity contribution >= 4 is 0 Å². The third kappa shape index (κ3) is 2.49. The van der Waals surface area contributed by atoms with Gasteiger partial charge in [-0.25, -0.2) is 0 Å². The molecule has 0 saturated carbocycles. The topological polar surface area (TPSA) is 29.5 Å². The first-order valence-electron chi connectivity index (χ1n) is 6.83. The van der Waals surface area contributed by atoms with Crippen LogP contribution in [0.15, 0.2) is 42.5 Å². The van der Waals surface area contributed by atoms with Crippen LogP contribution in [0.5, 0.6) is 5.75 Å². The monoisotopic (exact) mass is 254 g/mol. The van der Waals surface area contributed by atoms with E-state index in [1.807, 2.05) is 12.1 Å². The molecule has 2 aromatic carbocycles. The van der Waals surface area contributed by atoms with Crippen molar-refractivity contribution in [2.24, 2.45) is 0 Å². The fourth-order valence-electron chi connectivity index (χ4n) is 2.57. The molecule has 0 aromatic heterocycles. The van der Waals surface area contributed by atoms with Gasteiger partial charge in [0.15, 0.2) is 0 Å². The molecule has 1 heterocycles. The van der Waals surface area contributed by atoms with E-state index in [-0.39, 0.29) is 6.61 Å². The van der Waals surface area contributed by atoms with E-state index in [1.54, 1.807) is 0 Å². The van der Waals surface area contributed by atoms with Crippen molar-refractivity contribution in [2.75, 3.05) is 6.61 Å². The van der Waals surface area contributed by atoms with E-state index in [0.717, 1.165) is 25.0 Å². The molecule has 0 bridgehead atoms. The van der Waals surface area contributed by atoms with Crippen molar-refractivity contribution in [3.8, 4) is 16.9 Å². The number of aliphatic hydroxyl groups excluding tert-OH is 1. The van der Waals surface area contributed by atoms with E-state index < -0.39 is 0 Å². The summed E-state index contributed by atoms with van der Waals surface area (Å²) < 4.78 is 5.76. The Labute approximate surface area is 113 Å². The number of hydrogen-bond donors (Lipinski definition) is 1. The minimum absolute atomic E-state index is 0.279. The summed E-state index contributed by atoms with van der Waals surface area (Å²) in [6, 6.07) is 14.8. The Bertz CT molecular complexity index is 575. The van der Waals surface area contributed by atoms with E-state index in [0.29, 0.717) is 6.61 Å². The van der Waals surface area contributed by atoms with Crippen LogP contribution in [0.25, 0.3) is 11.1 Å². The lowest BCUT2D eigenvalue weighted by Gasteiger charge is -2.21. The molecule has 2 heteroatoms.